The summed E-state index contributed by atoms with van der Waals surface area (Å²) in [6.07, 6.45) is -0.287. The van der Waals surface area contributed by atoms with E-state index in [9.17, 15) is 9.59 Å². The van der Waals surface area contributed by atoms with Gasteiger partial charge in [0.15, 0.2) is 11.5 Å². The molecule has 3 rings (SSSR count). The Morgan fingerprint density at radius 3 is 2.43 bits per heavy atom. The van der Waals surface area contributed by atoms with Gasteiger partial charge in [0.25, 0.3) is 0 Å². The average Bonchev–Trinajstić information content (AvgIpc) is 2.70. The molecule has 3 N–H and O–H groups in total. The first-order chi connectivity index (χ1) is 13.5. The van der Waals surface area contributed by atoms with Gasteiger partial charge in [-0.2, -0.15) is 0 Å². The zero-order valence-electron chi connectivity index (χ0n) is 16.0. The van der Waals surface area contributed by atoms with E-state index in [4.69, 9.17) is 9.47 Å². The molecule has 0 spiro atoms. The third-order valence-electron chi connectivity index (χ3n) is 4.34. The van der Waals surface area contributed by atoms with Crippen molar-refractivity contribution in [2.75, 3.05) is 18.5 Å². The monoisotopic (exact) mass is 383 g/mol. The smallest absolute Gasteiger partial charge is 0.319 e. The lowest BCUT2D eigenvalue weighted by Crippen LogP contribution is -2.53. The molecule has 7 nitrogen and oxygen atoms in total. The first kappa shape index (κ1) is 19.5. The van der Waals surface area contributed by atoms with E-state index < -0.39 is 12.1 Å². The maximum absolute atomic E-state index is 12.6. The molecule has 0 saturated heterocycles. The predicted octanol–water partition coefficient (Wildman–Crippen LogP) is 2.79. The van der Waals surface area contributed by atoms with Crippen molar-refractivity contribution in [3.8, 4) is 11.5 Å². The number of amides is 3. The SMILES string of the molecule is CC(C)[C@@H](NC(=O)Nc1ccccc1)C(=O)NC[C@H]1COc2ccccc2O1. The second kappa shape index (κ2) is 9.12. The van der Waals surface area contributed by atoms with Gasteiger partial charge in [-0.25, -0.2) is 4.79 Å². The minimum absolute atomic E-state index is 0.0780. The summed E-state index contributed by atoms with van der Waals surface area (Å²) in [5, 5.41) is 8.31. The van der Waals surface area contributed by atoms with Crippen LogP contribution >= 0.6 is 0 Å². The molecule has 0 aliphatic carbocycles. The van der Waals surface area contributed by atoms with Crippen molar-refractivity contribution in [3.05, 3.63) is 54.6 Å². The van der Waals surface area contributed by atoms with Crippen LogP contribution in [0, 0.1) is 5.92 Å². The highest BCUT2D eigenvalue weighted by Crippen LogP contribution is 2.30. The number of anilines is 1. The van der Waals surface area contributed by atoms with Gasteiger partial charge in [-0.3, -0.25) is 4.79 Å². The number of benzene rings is 2. The Morgan fingerprint density at radius 2 is 1.71 bits per heavy atom. The molecule has 0 unspecified atom stereocenters. The molecule has 0 aromatic heterocycles. The second-order valence-corrected chi connectivity index (χ2v) is 6.93. The molecule has 3 amide bonds. The summed E-state index contributed by atoms with van der Waals surface area (Å²) in [6.45, 7) is 4.40. The van der Waals surface area contributed by atoms with E-state index in [1.807, 2.05) is 56.3 Å². The Kier molecular flexibility index (Phi) is 6.37. The molecule has 2 aromatic carbocycles. The Labute approximate surface area is 164 Å². The molecule has 2 atom stereocenters. The van der Waals surface area contributed by atoms with Crippen molar-refractivity contribution in [3.63, 3.8) is 0 Å². The van der Waals surface area contributed by atoms with Crippen molar-refractivity contribution in [1.29, 1.82) is 0 Å². The van der Waals surface area contributed by atoms with Gasteiger partial charge in [-0.05, 0) is 30.2 Å². The summed E-state index contributed by atoms with van der Waals surface area (Å²) >= 11 is 0. The average molecular weight is 383 g/mol. The number of para-hydroxylation sites is 3. The highest BCUT2D eigenvalue weighted by Gasteiger charge is 2.26. The van der Waals surface area contributed by atoms with E-state index in [2.05, 4.69) is 16.0 Å². The number of carbonyl (C=O) groups excluding carboxylic acids is 2. The van der Waals surface area contributed by atoms with Crippen molar-refractivity contribution in [2.45, 2.75) is 26.0 Å². The van der Waals surface area contributed by atoms with Crippen LogP contribution in [0.25, 0.3) is 0 Å². The van der Waals surface area contributed by atoms with Gasteiger partial charge in [0.2, 0.25) is 5.91 Å². The topological polar surface area (TPSA) is 88.7 Å². The normalized spacial score (nSPS) is 16.2. The molecule has 0 saturated carbocycles. The van der Waals surface area contributed by atoms with E-state index in [1.165, 1.54) is 0 Å². The maximum atomic E-state index is 12.6. The third-order valence-corrected chi connectivity index (χ3v) is 4.34. The first-order valence-corrected chi connectivity index (χ1v) is 9.31. The van der Waals surface area contributed by atoms with Crippen molar-refractivity contribution in [2.24, 2.45) is 5.92 Å². The van der Waals surface area contributed by atoms with Gasteiger partial charge >= 0.3 is 6.03 Å². The van der Waals surface area contributed by atoms with Crippen LogP contribution in [0.4, 0.5) is 10.5 Å². The number of carbonyl (C=O) groups is 2. The van der Waals surface area contributed by atoms with Crippen molar-refractivity contribution in [1.82, 2.24) is 10.6 Å². The van der Waals surface area contributed by atoms with Crippen LogP contribution in [0.3, 0.4) is 0 Å². The van der Waals surface area contributed by atoms with Gasteiger partial charge in [0.1, 0.15) is 18.8 Å². The van der Waals surface area contributed by atoms with Crippen molar-refractivity contribution < 1.29 is 19.1 Å². The zero-order chi connectivity index (χ0) is 19.9. The van der Waals surface area contributed by atoms with Crippen molar-refractivity contribution >= 4 is 17.6 Å². The van der Waals surface area contributed by atoms with Gasteiger partial charge in [0, 0.05) is 5.69 Å². The molecule has 7 heteroatoms. The van der Waals surface area contributed by atoms with Crippen LogP contribution in [-0.2, 0) is 4.79 Å². The van der Waals surface area contributed by atoms with Crippen LogP contribution in [0.15, 0.2) is 54.6 Å². The number of urea groups is 1. The molecule has 2 aromatic rings. The number of hydrogen-bond acceptors (Lipinski definition) is 4. The number of fused-ring (bicyclic) bond motifs is 1. The first-order valence-electron chi connectivity index (χ1n) is 9.31. The number of nitrogens with one attached hydrogen (secondary N) is 3. The molecular weight excluding hydrogens is 358 g/mol. The second-order valence-electron chi connectivity index (χ2n) is 6.93. The Balaban J connectivity index is 1.51. The van der Waals surface area contributed by atoms with E-state index in [1.54, 1.807) is 12.1 Å². The summed E-state index contributed by atoms with van der Waals surface area (Å²) in [5.41, 5.74) is 0.661. The van der Waals surface area contributed by atoms with Gasteiger partial charge in [0.05, 0.1) is 6.54 Å². The van der Waals surface area contributed by atoms with E-state index in [0.717, 1.165) is 0 Å². The van der Waals surface area contributed by atoms with Crippen LogP contribution in [-0.4, -0.2) is 37.2 Å². The third kappa shape index (κ3) is 5.16. The largest absolute Gasteiger partial charge is 0.486 e. The Bertz CT molecular complexity index is 810. The van der Waals surface area contributed by atoms with Crippen LogP contribution < -0.4 is 25.4 Å². The molecular formula is C21H25N3O4. The highest BCUT2D eigenvalue weighted by atomic mass is 16.6. The summed E-state index contributed by atoms with van der Waals surface area (Å²) in [5.74, 6) is 1.02. The zero-order valence-corrected chi connectivity index (χ0v) is 16.0. The molecule has 0 bridgehead atoms. The molecule has 0 fully saturated rings. The molecule has 1 aliphatic rings. The number of ether oxygens (including phenoxy) is 2. The van der Waals surface area contributed by atoms with E-state index >= 15 is 0 Å². The lowest BCUT2D eigenvalue weighted by Gasteiger charge is -2.28. The summed E-state index contributed by atoms with van der Waals surface area (Å²) in [4.78, 5) is 24.8. The van der Waals surface area contributed by atoms with Crippen LogP contribution in [0.2, 0.25) is 0 Å². The summed E-state index contributed by atoms with van der Waals surface area (Å²) in [6, 6.07) is 15.4. The standard InChI is InChI=1S/C21H25N3O4/c1-14(2)19(24-21(26)23-15-8-4-3-5-9-15)20(25)22-12-16-13-27-17-10-6-7-11-18(17)28-16/h3-11,14,16,19H,12-13H2,1-2H3,(H,22,25)(H2,23,24,26)/t16-,19+/m0/s1. The summed E-state index contributed by atoms with van der Waals surface area (Å²) < 4.78 is 11.5. The van der Waals surface area contributed by atoms with Gasteiger partial charge in [-0.15, -0.1) is 0 Å². The minimum atomic E-state index is -0.666. The van der Waals surface area contributed by atoms with Gasteiger partial charge < -0.3 is 25.4 Å². The molecule has 1 heterocycles. The van der Waals surface area contributed by atoms with Gasteiger partial charge in [-0.1, -0.05) is 44.2 Å². The molecule has 1 aliphatic heterocycles. The Hall–Kier alpha value is -3.22. The maximum Gasteiger partial charge on any atom is 0.319 e. The number of rotatable bonds is 6. The van der Waals surface area contributed by atoms with Crippen LogP contribution in [0.5, 0.6) is 11.5 Å². The molecule has 148 valence electrons. The quantitative estimate of drug-likeness (QED) is 0.716. The summed E-state index contributed by atoms with van der Waals surface area (Å²) in [7, 11) is 0. The fourth-order valence-electron chi connectivity index (χ4n) is 2.85. The van der Waals surface area contributed by atoms with Crippen LogP contribution in [0.1, 0.15) is 13.8 Å². The number of hydrogen-bond donors (Lipinski definition) is 3. The predicted molar refractivity (Wildman–Crippen MR) is 107 cm³/mol. The molecule has 0 radical (unpaired) electrons. The van der Waals surface area contributed by atoms with E-state index in [-0.39, 0.29) is 17.9 Å². The highest BCUT2D eigenvalue weighted by molar-refractivity contribution is 5.93. The Morgan fingerprint density at radius 1 is 1.04 bits per heavy atom. The lowest BCUT2D eigenvalue weighted by atomic mass is 10.0. The lowest BCUT2D eigenvalue weighted by molar-refractivity contribution is -0.124. The fourth-order valence-corrected chi connectivity index (χ4v) is 2.85. The fraction of sp³-hybridized carbons (Fsp3) is 0.333. The minimum Gasteiger partial charge on any atom is -0.486 e. The molecule has 28 heavy (non-hydrogen) atoms. The van der Waals surface area contributed by atoms with E-state index in [0.29, 0.717) is 30.3 Å².